The molecule has 0 aliphatic rings. The van der Waals surface area contributed by atoms with Gasteiger partial charge in [-0.15, -0.1) is 0 Å². The van der Waals surface area contributed by atoms with Crippen LogP contribution in [0.5, 0.6) is 0 Å². The van der Waals surface area contributed by atoms with Gasteiger partial charge in [-0.1, -0.05) is 6.07 Å². The standard InChI is InChI=1S/C11H6F3NO3/c12-11(13,14)7-4-15-9(16)5-2-1-3-6(8(5)7)10(17)18/h1-4H,(H,15,16)(H,17,18). The van der Waals surface area contributed by atoms with Crippen molar-refractivity contribution in [2.45, 2.75) is 6.18 Å². The number of aromatic carboxylic acids is 1. The number of aromatic nitrogens is 1. The van der Waals surface area contributed by atoms with Gasteiger partial charge in [0.05, 0.1) is 11.1 Å². The van der Waals surface area contributed by atoms with Gasteiger partial charge in [-0.05, 0) is 12.1 Å². The fourth-order valence-corrected chi connectivity index (χ4v) is 1.72. The number of benzene rings is 1. The average molecular weight is 257 g/mol. The molecule has 0 saturated heterocycles. The first-order valence-electron chi connectivity index (χ1n) is 4.77. The van der Waals surface area contributed by atoms with Crippen LogP contribution in [-0.2, 0) is 6.18 Å². The minimum atomic E-state index is -4.74. The summed E-state index contributed by atoms with van der Waals surface area (Å²) < 4.78 is 38.3. The Balaban J connectivity index is 3.02. The Bertz CT molecular complexity index is 688. The molecule has 7 heteroatoms. The molecule has 2 rings (SSSR count). The van der Waals surface area contributed by atoms with Crippen LogP contribution in [0, 0.1) is 0 Å². The summed E-state index contributed by atoms with van der Waals surface area (Å²) >= 11 is 0. The molecule has 1 heterocycles. The summed E-state index contributed by atoms with van der Waals surface area (Å²) in [6.07, 6.45) is -4.26. The SMILES string of the molecule is O=C(O)c1cccc2c(=O)[nH]cc(C(F)(F)F)c12. The van der Waals surface area contributed by atoms with E-state index < -0.39 is 34.2 Å². The van der Waals surface area contributed by atoms with Gasteiger partial charge in [0.1, 0.15) is 0 Å². The van der Waals surface area contributed by atoms with Crippen LogP contribution in [0.25, 0.3) is 10.8 Å². The maximum Gasteiger partial charge on any atom is 0.418 e. The van der Waals surface area contributed by atoms with Crippen LogP contribution in [0.15, 0.2) is 29.2 Å². The number of carbonyl (C=O) groups is 1. The van der Waals surface area contributed by atoms with Crippen molar-refractivity contribution in [3.63, 3.8) is 0 Å². The van der Waals surface area contributed by atoms with Crippen molar-refractivity contribution in [3.8, 4) is 0 Å². The third-order valence-electron chi connectivity index (χ3n) is 2.46. The van der Waals surface area contributed by atoms with Crippen molar-refractivity contribution in [1.82, 2.24) is 4.98 Å². The van der Waals surface area contributed by atoms with Gasteiger partial charge < -0.3 is 10.1 Å². The second kappa shape index (κ2) is 3.86. The fourth-order valence-electron chi connectivity index (χ4n) is 1.72. The monoisotopic (exact) mass is 257 g/mol. The molecular weight excluding hydrogens is 251 g/mol. The molecule has 0 spiro atoms. The van der Waals surface area contributed by atoms with Crippen molar-refractivity contribution >= 4 is 16.7 Å². The highest BCUT2D eigenvalue weighted by molar-refractivity contribution is 6.04. The lowest BCUT2D eigenvalue weighted by molar-refractivity contribution is -0.136. The number of fused-ring (bicyclic) bond motifs is 1. The Labute approximate surface area is 97.7 Å². The van der Waals surface area contributed by atoms with Crippen LogP contribution in [0.1, 0.15) is 15.9 Å². The van der Waals surface area contributed by atoms with E-state index in [4.69, 9.17) is 5.11 Å². The summed E-state index contributed by atoms with van der Waals surface area (Å²) in [7, 11) is 0. The molecule has 0 radical (unpaired) electrons. The molecule has 18 heavy (non-hydrogen) atoms. The number of H-pyrrole nitrogens is 1. The summed E-state index contributed by atoms with van der Waals surface area (Å²) in [4.78, 5) is 24.3. The molecule has 1 aromatic carbocycles. The maximum atomic E-state index is 12.8. The number of pyridine rings is 1. The second-order valence-electron chi connectivity index (χ2n) is 3.56. The first-order chi connectivity index (χ1) is 8.32. The predicted octanol–water partition coefficient (Wildman–Crippen LogP) is 2.25. The highest BCUT2D eigenvalue weighted by Crippen LogP contribution is 2.34. The van der Waals surface area contributed by atoms with Gasteiger partial charge in [0.2, 0.25) is 0 Å². The molecule has 2 aromatic rings. The normalized spacial score (nSPS) is 11.7. The van der Waals surface area contributed by atoms with Crippen LogP contribution in [0.4, 0.5) is 13.2 Å². The molecule has 94 valence electrons. The molecule has 0 atom stereocenters. The smallest absolute Gasteiger partial charge is 0.418 e. The summed E-state index contributed by atoms with van der Waals surface area (Å²) in [6.45, 7) is 0. The maximum absolute atomic E-state index is 12.8. The highest BCUT2D eigenvalue weighted by Gasteiger charge is 2.34. The van der Waals surface area contributed by atoms with Gasteiger partial charge in [-0.3, -0.25) is 4.79 Å². The van der Waals surface area contributed by atoms with E-state index in [0.29, 0.717) is 6.20 Å². The number of aromatic amines is 1. The lowest BCUT2D eigenvalue weighted by atomic mass is 10.0. The fraction of sp³-hybridized carbons (Fsp3) is 0.0909. The number of hydrogen-bond acceptors (Lipinski definition) is 2. The van der Waals surface area contributed by atoms with E-state index in [2.05, 4.69) is 0 Å². The van der Waals surface area contributed by atoms with Gasteiger partial charge >= 0.3 is 12.1 Å². The van der Waals surface area contributed by atoms with E-state index in [0.717, 1.165) is 12.1 Å². The Hall–Kier alpha value is -2.31. The van der Waals surface area contributed by atoms with E-state index in [1.807, 2.05) is 4.98 Å². The van der Waals surface area contributed by atoms with E-state index in [-0.39, 0.29) is 5.39 Å². The first-order valence-corrected chi connectivity index (χ1v) is 4.77. The molecule has 0 aliphatic heterocycles. The molecule has 4 nitrogen and oxygen atoms in total. The molecule has 0 unspecified atom stereocenters. The number of halogens is 3. The van der Waals surface area contributed by atoms with Gasteiger partial charge in [0, 0.05) is 17.0 Å². The zero-order valence-electron chi connectivity index (χ0n) is 8.71. The first kappa shape index (κ1) is 12.2. The number of alkyl halides is 3. The van der Waals surface area contributed by atoms with E-state index in [1.54, 1.807) is 0 Å². The van der Waals surface area contributed by atoms with E-state index >= 15 is 0 Å². The summed E-state index contributed by atoms with van der Waals surface area (Å²) in [5.74, 6) is -1.52. The summed E-state index contributed by atoms with van der Waals surface area (Å²) in [5, 5.41) is 7.99. The Morgan fingerprint density at radius 1 is 1.28 bits per heavy atom. The molecule has 0 bridgehead atoms. The molecule has 0 fully saturated rings. The molecule has 0 amide bonds. The quantitative estimate of drug-likeness (QED) is 0.823. The number of rotatable bonds is 1. The number of nitrogens with one attached hydrogen (secondary N) is 1. The topological polar surface area (TPSA) is 70.2 Å². The molecule has 2 N–H and O–H groups in total. The van der Waals surface area contributed by atoms with Gasteiger partial charge in [0.15, 0.2) is 0 Å². The average Bonchev–Trinajstić information content (AvgIpc) is 2.27. The number of carboxylic acid groups (broad SMARTS) is 1. The Morgan fingerprint density at radius 3 is 2.50 bits per heavy atom. The molecular formula is C11H6F3NO3. The second-order valence-corrected chi connectivity index (χ2v) is 3.56. The van der Waals surface area contributed by atoms with Gasteiger partial charge in [-0.2, -0.15) is 13.2 Å². The molecule has 1 aromatic heterocycles. The zero-order chi connectivity index (χ0) is 13.5. The van der Waals surface area contributed by atoms with Crippen molar-refractivity contribution in [2.75, 3.05) is 0 Å². The molecule has 0 aliphatic carbocycles. The van der Waals surface area contributed by atoms with Crippen molar-refractivity contribution in [1.29, 1.82) is 0 Å². The predicted molar refractivity (Wildman–Crippen MR) is 56.5 cm³/mol. The van der Waals surface area contributed by atoms with Crippen molar-refractivity contribution < 1.29 is 23.1 Å². The summed E-state index contributed by atoms with van der Waals surface area (Å²) in [6, 6.07) is 3.40. The largest absolute Gasteiger partial charge is 0.478 e. The lowest BCUT2D eigenvalue weighted by Gasteiger charge is -2.11. The Morgan fingerprint density at radius 2 is 1.94 bits per heavy atom. The van der Waals surface area contributed by atoms with Crippen LogP contribution in [0.2, 0.25) is 0 Å². The van der Waals surface area contributed by atoms with Crippen molar-refractivity contribution in [2.24, 2.45) is 0 Å². The minimum Gasteiger partial charge on any atom is -0.478 e. The zero-order valence-corrected chi connectivity index (χ0v) is 8.71. The van der Waals surface area contributed by atoms with Crippen LogP contribution in [0.3, 0.4) is 0 Å². The highest BCUT2D eigenvalue weighted by atomic mass is 19.4. The minimum absolute atomic E-state index is 0.301. The Kier molecular flexibility index (Phi) is 2.61. The third kappa shape index (κ3) is 1.83. The lowest BCUT2D eigenvalue weighted by Crippen LogP contribution is -2.15. The van der Waals surface area contributed by atoms with Gasteiger partial charge in [0.25, 0.3) is 5.56 Å². The van der Waals surface area contributed by atoms with Crippen LogP contribution >= 0.6 is 0 Å². The van der Waals surface area contributed by atoms with Crippen LogP contribution < -0.4 is 5.56 Å². The van der Waals surface area contributed by atoms with Crippen LogP contribution in [-0.4, -0.2) is 16.1 Å². The number of carboxylic acids is 1. The number of hydrogen-bond donors (Lipinski definition) is 2. The third-order valence-corrected chi connectivity index (χ3v) is 2.46. The van der Waals surface area contributed by atoms with E-state index in [9.17, 15) is 22.8 Å². The van der Waals surface area contributed by atoms with Crippen molar-refractivity contribution in [3.05, 3.63) is 45.9 Å². The van der Waals surface area contributed by atoms with Gasteiger partial charge in [-0.25, -0.2) is 4.79 Å². The van der Waals surface area contributed by atoms with E-state index in [1.165, 1.54) is 6.07 Å². The summed E-state index contributed by atoms with van der Waals surface area (Å²) in [5.41, 5.74) is -2.48. The molecule has 0 saturated carbocycles.